The van der Waals surface area contributed by atoms with Gasteiger partial charge in [0.25, 0.3) is 5.91 Å². The summed E-state index contributed by atoms with van der Waals surface area (Å²) >= 11 is 0. The average Bonchev–Trinajstić information content (AvgIpc) is 3.32. The van der Waals surface area contributed by atoms with E-state index in [2.05, 4.69) is 40.2 Å². The van der Waals surface area contributed by atoms with Crippen LogP contribution in [-0.2, 0) is 31.5 Å². The first kappa shape index (κ1) is 28.5. The summed E-state index contributed by atoms with van der Waals surface area (Å²) in [6, 6.07) is 33.3. The van der Waals surface area contributed by atoms with Crippen LogP contribution in [0.25, 0.3) is 11.3 Å². The molecule has 0 aliphatic carbocycles. The molecule has 0 aromatic heterocycles. The highest BCUT2D eigenvalue weighted by Gasteiger charge is 2.33. The van der Waals surface area contributed by atoms with Crippen LogP contribution in [0.2, 0.25) is 0 Å². The lowest BCUT2D eigenvalue weighted by atomic mass is 10.00. The molecule has 41 heavy (non-hydrogen) atoms. The molecule has 8 heteroatoms. The van der Waals surface area contributed by atoms with Gasteiger partial charge in [-0.15, -0.1) is 0 Å². The zero-order valence-electron chi connectivity index (χ0n) is 23.2. The molecule has 1 aliphatic rings. The van der Waals surface area contributed by atoms with E-state index in [1.807, 2.05) is 60.7 Å². The topological polar surface area (TPSA) is 88.7 Å². The fourth-order valence-corrected chi connectivity index (χ4v) is 6.38. The number of hydrogen-bond acceptors (Lipinski definition) is 6. The Morgan fingerprint density at radius 2 is 1.39 bits per heavy atom. The zero-order valence-corrected chi connectivity index (χ0v) is 24.1. The lowest BCUT2D eigenvalue weighted by Crippen LogP contribution is -2.13. The number of benzene rings is 4. The van der Waals surface area contributed by atoms with Gasteiger partial charge in [0.05, 0.1) is 29.8 Å². The molecule has 0 fully saturated rings. The molecule has 0 unspecified atom stereocenters. The molecular formula is C33H34N3O4P. The van der Waals surface area contributed by atoms with Gasteiger partial charge < -0.3 is 25.0 Å². The largest absolute Gasteiger partial charge is 0.361 e. The van der Waals surface area contributed by atoms with Gasteiger partial charge in [0.15, 0.2) is 0 Å². The third-order valence-electron chi connectivity index (χ3n) is 6.70. The van der Waals surface area contributed by atoms with E-state index in [4.69, 9.17) is 9.05 Å². The zero-order chi connectivity index (χ0) is 28.7. The fraction of sp³-hybridized carbons (Fsp3) is 0.182. The van der Waals surface area contributed by atoms with Gasteiger partial charge >= 0.3 is 7.60 Å². The van der Waals surface area contributed by atoms with Crippen LogP contribution in [0.3, 0.4) is 0 Å². The number of carbonyl (C=O) groups is 1. The van der Waals surface area contributed by atoms with Crippen molar-refractivity contribution in [3.63, 3.8) is 0 Å². The lowest BCUT2D eigenvalue weighted by Gasteiger charge is -2.18. The van der Waals surface area contributed by atoms with E-state index in [9.17, 15) is 9.36 Å². The summed E-state index contributed by atoms with van der Waals surface area (Å²) in [4.78, 5) is 13.4. The Balaban J connectivity index is 1.46. The SMILES string of the molecule is CCOP(=O)(OCC)c1ccc2c(c1)/C(=C(/Nc1ccc(CNCc3ccccc3)cc1)c1ccccc1)C(=O)N2. The molecule has 4 aromatic rings. The fourth-order valence-electron chi connectivity index (χ4n) is 4.78. The van der Waals surface area contributed by atoms with Gasteiger partial charge in [-0.05, 0) is 60.9 Å². The summed E-state index contributed by atoms with van der Waals surface area (Å²) in [6.07, 6.45) is 0. The molecule has 1 heterocycles. The van der Waals surface area contributed by atoms with Crippen LogP contribution in [0.1, 0.15) is 36.1 Å². The first-order valence-electron chi connectivity index (χ1n) is 13.8. The maximum atomic E-state index is 13.5. The van der Waals surface area contributed by atoms with Gasteiger partial charge in [0.1, 0.15) is 0 Å². The lowest BCUT2D eigenvalue weighted by molar-refractivity contribution is -0.110. The van der Waals surface area contributed by atoms with Crippen molar-refractivity contribution in [1.82, 2.24) is 5.32 Å². The third kappa shape index (κ3) is 6.67. The molecule has 1 amide bonds. The number of amides is 1. The molecule has 0 spiro atoms. The Hall–Kier alpha value is -4.00. The Bertz CT molecular complexity index is 1560. The van der Waals surface area contributed by atoms with Gasteiger partial charge in [-0.1, -0.05) is 72.8 Å². The van der Waals surface area contributed by atoms with E-state index in [0.717, 1.165) is 29.9 Å². The number of rotatable bonds is 12. The molecule has 4 aromatic carbocycles. The molecule has 210 valence electrons. The molecule has 1 aliphatic heterocycles. The smallest absolute Gasteiger partial charge is 0.354 e. The molecule has 0 bridgehead atoms. The second-order valence-electron chi connectivity index (χ2n) is 9.54. The van der Waals surface area contributed by atoms with Crippen molar-refractivity contribution < 1.29 is 18.4 Å². The van der Waals surface area contributed by atoms with E-state index in [1.165, 1.54) is 5.56 Å². The molecule has 0 radical (unpaired) electrons. The number of hydrogen-bond donors (Lipinski definition) is 3. The van der Waals surface area contributed by atoms with Crippen molar-refractivity contribution in [3.8, 4) is 0 Å². The highest BCUT2D eigenvalue weighted by Crippen LogP contribution is 2.48. The Kier molecular flexibility index (Phi) is 9.12. The summed E-state index contributed by atoms with van der Waals surface area (Å²) in [6.45, 7) is 5.56. The summed E-state index contributed by atoms with van der Waals surface area (Å²) in [5.41, 5.74) is 6.47. The highest BCUT2D eigenvalue weighted by molar-refractivity contribution is 7.62. The minimum atomic E-state index is -3.54. The predicted molar refractivity (Wildman–Crippen MR) is 166 cm³/mol. The van der Waals surface area contributed by atoms with Crippen molar-refractivity contribution >= 4 is 41.5 Å². The number of carbonyl (C=O) groups excluding carboxylic acids is 1. The third-order valence-corrected chi connectivity index (χ3v) is 8.81. The van der Waals surface area contributed by atoms with Crippen molar-refractivity contribution in [2.45, 2.75) is 26.9 Å². The maximum absolute atomic E-state index is 13.5. The average molecular weight is 568 g/mol. The molecule has 7 nitrogen and oxygen atoms in total. The monoisotopic (exact) mass is 567 g/mol. The molecular weight excluding hydrogens is 533 g/mol. The molecule has 3 N–H and O–H groups in total. The Morgan fingerprint density at radius 3 is 2.02 bits per heavy atom. The first-order valence-corrected chi connectivity index (χ1v) is 15.3. The van der Waals surface area contributed by atoms with Crippen LogP contribution in [0.4, 0.5) is 11.4 Å². The highest BCUT2D eigenvalue weighted by atomic mass is 31.2. The summed E-state index contributed by atoms with van der Waals surface area (Å²) < 4.78 is 24.7. The van der Waals surface area contributed by atoms with Gasteiger partial charge in [-0.3, -0.25) is 9.36 Å². The van der Waals surface area contributed by atoms with E-state index in [-0.39, 0.29) is 19.1 Å². The van der Waals surface area contributed by atoms with Crippen molar-refractivity contribution in [2.75, 3.05) is 23.8 Å². The molecule has 5 rings (SSSR count). The second-order valence-corrected chi connectivity index (χ2v) is 11.6. The van der Waals surface area contributed by atoms with E-state index in [1.54, 1.807) is 32.0 Å². The number of fused-ring (bicyclic) bond motifs is 1. The molecule has 0 saturated heterocycles. The minimum Gasteiger partial charge on any atom is -0.354 e. The molecule has 0 atom stereocenters. The van der Waals surface area contributed by atoms with Gasteiger partial charge in [0.2, 0.25) is 0 Å². The minimum absolute atomic E-state index is 0.239. The summed E-state index contributed by atoms with van der Waals surface area (Å²) in [7, 11) is -3.54. The van der Waals surface area contributed by atoms with Gasteiger partial charge in [-0.2, -0.15) is 0 Å². The van der Waals surface area contributed by atoms with Gasteiger partial charge in [0, 0.05) is 30.0 Å². The van der Waals surface area contributed by atoms with Gasteiger partial charge in [-0.25, -0.2) is 0 Å². The van der Waals surface area contributed by atoms with Crippen LogP contribution in [0.15, 0.2) is 103 Å². The second kappa shape index (κ2) is 13.1. The van der Waals surface area contributed by atoms with Crippen LogP contribution < -0.4 is 21.3 Å². The summed E-state index contributed by atoms with van der Waals surface area (Å²) in [5, 5.41) is 10.3. The quantitative estimate of drug-likeness (QED) is 0.129. The van der Waals surface area contributed by atoms with Crippen molar-refractivity contribution in [1.29, 1.82) is 0 Å². The standard InChI is InChI=1S/C33H34N3O4P/c1-3-39-41(38,40-4-2)28-19-20-30-29(21-28)31(33(37)36-30)32(26-13-9-6-10-14-26)35-27-17-15-25(16-18-27)23-34-22-24-11-7-5-8-12-24/h5-21,34-35H,3-4,22-23H2,1-2H3,(H,36,37)/b32-31-. The van der Waals surface area contributed by atoms with E-state index in [0.29, 0.717) is 27.8 Å². The molecule has 0 saturated carbocycles. The normalized spacial score (nSPS) is 14.0. The number of anilines is 2. The van der Waals surface area contributed by atoms with Crippen molar-refractivity contribution in [3.05, 3.63) is 125 Å². The number of nitrogens with one attached hydrogen (secondary N) is 3. The predicted octanol–water partition coefficient (Wildman–Crippen LogP) is 6.80. The Morgan fingerprint density at radius 1 is 0.780 bits per heavy atom. The van der Waals surface area contributed by atoms with Crippen molar-refractivity contribution in [2.24, 2.45) is 0 Å². The summed E-state index contributed by atoms with van der Waals surface area (Å²) in [5.74, 6) is -0.243. The first-order chi connectivity index (χ1) is 20.0. The van der Waals surface area contributed by atoms with Crippen LogP contribution in [-0.4, -0.2) is 19.1 Å². The van der Waals surface area contributed by atoms with E-state index < -0.39 is 7.60 Å². The van der Waals surface area contributed by atoms with Crippen LogP contribution >= 0.6 is 7.60 Å². The van der Waals surface area contributed by atoms with E-state index >= 15 is 0 Å². The maximum Gasteiger partial charge on any atom is 0.361 e. The van der Waals surface area contributed by atoms with Crippen LogP contribution in [0.5, 0.6) is 0 Å². The van der Waals surface area contributed by atoms with Crippen LogP contribution in [0, 0.1) is 0 Å². The Labute approximate surface area is 241 Å².